The van der Waals surface area contributed by atoms with Gasteiger partial charge in [0.15, 0.2) is 0 Å². The highest BCUT2D eigenvalue weighted by Crippen LogP contribution is 2.22. The summed E-state index contributed by atoms with van der Waals surface area (Å²) in [6, 6.07) is 12.3. The zero-order valence-corrected chi connectivity index (χ0v) is 15.5. The van der Waals surface area contributed by atoms with E-state index in [-0.39, 0.29) is 36.2 Å². The van der Waals surface area contributed by atoms with Gasteiger partial charge in [-0.3, -0.25) is 0 Å². The number of aliphatic hydroxyl groups is 1. The molecule has 0 heterocycles. The predicted molar refractivity (Wildman–Crippen MR) is 102 cm³/mol. The maximum absolute atomic E-state index is 13.7. The van der Waals surface area contributed by atoms with E-state index in [1.165, 1.54) is 6.07 Å². The zero-order valence-electron chi connectivity index (χ0n) is 14.7. The Hall–Kier alpha value is -2.33. The van der Waals surface area contributed by atoms with E-state index in [9.17, 15) is 9.50 Å². The zero-order chi connectivity index (χ0) is 18.4. The smallest absolute Gasteiger partial charge is 0.147 e. The van der Waals surface area contributed by atoms with Gasteiger partial charge in [-0.05, 0) is 48.7 Å². The van der Waals surface area contributed by atoms with Crippen molar-refractivity contribution in [1.29, 1.82) is 5.26 Å². The lowest BCUT2D eigenvalue weighted by molar-refractivity contribution is 0.170. The number of hydrogen-bond acceptors (Lipinski definition) is 5. The Labute approximate surface area is 159 Å². The maximum atomic E-state index is 13.7. The molecule has 0 radical (unpaired) electrons. The molecule has 0 aliphatic carbocycles. The number of halogens is 2. The number of nitrogens with zero attached hydrogens (tertiary/aromatic N) is 1. The Morgan fingerprint density at radius 1 is 1.31 bits per heavy atom. The van der Waals surface area contributed by atoms with Crippen LogP contribution in [-0.2, 0) is 6.42 Å². The summed E-state index contributed by atoms with van der Waals surface area (Å²) in [5.74, 6) is 0.109. The summed E-state index contributed by atoms with van der Waals surface area (Å²) in [6.45, 7) is 2.24. The van der Waals surface area contributed by atoms with Crippen LogP contribution in [-0.4, -0.2) is 24.8 Å². The molecule has 4 N–H and O–H groups in total. The van der Waals surface area contributed by atoms with Gasteiger partial charge in [0.25, 0.3) is 0 Å². The highest BCUT2D eigenvalue weighted by molar-refractivity contribution is 5.85. The average molecular weight is 380 g/mol. The normalized spacial score (nSPS) is 12.6. The molecule has 2 aromatic carbocycles. The first-order valence-electron chi connectivity index (χ1n) is 7.98. The molecule has 26 heavy (non-hydrogen) atoms. The average Bonchev–Trinajstić information content (AvgIpc) is 2.62. The number of nitrogen functional groups attached to an aromatic ring is 1. The molecule has 2 unspecified atom stereocenters. The van der Waals surface area contributed by atoms with Crippen LogP contribution in [0, 0.1) is 17.1 Å². The number of methoxy groups -OCH3 is 1. The molecule has 140 valence electrons. The van der Waals surface area contributed by atoms with E-state index in [0.717, 1.165) is 23.8 Å². The van der Waals surface area contributed by atoms with Crippen LogP contribution in [0.4, 0.5) is 10.1 Å². The quantitative estimate of drug-likeness (QED) is 0.643. The first-order chi connectivity index (χ1) is 11.9. The lowest BCUT2D eigenvalue weighted by Gasteiger charge is -2.18. The third kappa shape index (κ3) is 5.60. The number of aliphatic hydroxyl groups excluding tert-OH is 1. The van der Waals surface area contributed by atoms with E-state index in [0.29, 0.717) is 5.56 Å². The Morgan fingerprint density at radius 2 is 1.96 bits per heavy atom. The Kier molecular flexibility index (Phi) is 8.33. The van der Waals surface area contributed by atoms with Crippen LogP contribution < -0.4 is 15.8 Å². The van der Waals surface area contributed by atoms with Gasteiger partial charge in [0.2, 0.25) is 0 Å². The van der Waals surface area contributed by atoms with Crippen molar-refractivity contribution < 1.29 is 14.2 Å². The molecule has 0 amide bonds. The molecule has 5 nitrogen and oxygen atoms in total. The van der Waals surface area contributed by atoms with Crippen molar-refractivity contribution in [1.82, 2.24) is 5.32 Å². The van der Waals surface area contributed by atoms with Gasteiger partial charge in [0.05, 0.1) is 24.5 Å². The SMILES string of the molecule is COc1ccc(CC(C)NCC(O)c2cc(F)c(N)c(C#N)c2)cc1.Cl. The van der Waals surface area contributed by atoms with E-state index in [1.807, 2.05) is 37.3 Å². The van der Waals surface area contributed by atoms with Gasteiger partial charge in [-0.15, -0.1) is 12.4 Å². The standard InChI is InChI=1S/C19H22FN3O2.ClH/c1-12(7-13-3-5-16(25-2)6-4-13)23-11-18(24)14-8-15(10-21)19(22)17(20)9-14;/h3-6,8-9,12,18,23-24H,7,11,22H2,1-2H3;1H. The summed E-state index contributed by atoms with van der Waals surface area (Å²) in [4.78, 5) is 0. The summed E-state index contributed by atoms with van der Waals surface area (Å²) in [5, 5.41) is 22.4. The van der Waals surface area contributed by atoms with E-state index >= 15 is 0 Å². The number of rotatable bonds is 7. The number of anilines is 1. The molecule has 2 aromatic rings. The minimum Gasteiger partial charge on any atom is -0.497 e. The van der Waals surface area contributed by atoms with E-state index in [1.54, 1.807) is 7.11 Å². The van der Waals surface area contributed by atoms with E-state index < -0.39 is 11.9 Å². The summed E-state index contributed by atoms with van der Waals surface area (Å²) in [5.41, 5.74) is 6.79. The second-order valence-electron chi connectivity index (χ2n) is 5.95. The fourth-order valence-electron chi connectivity index (χ4n) is 2.54. The van der Waals surface area contributed by atoms with E-state index in [2.05, 4.69) is 5.32 Å². The summed E-state index contributed by atoms with van der Waals surface area (Å²) in [7, 11) is 1.62. The van der Waals surface area contributed by atoms with Gasteiger partial charge < -0.3 is 20.9 Å². The van der Waals surface area contributed by atoms with Crippen LogP contribution in [0.15, 0.2) is 36.4 Å². The van der Waals surface area contributed by atoms with Gasteiger partial charge in [0, 0.05) is 12.6 Å². The first kappa shape index (κ1) is 21.7. The lowest BCUT2D eigenvalue weighted by atomic mass is 10.0. The highest BCUT2D eigenvalue weighted by Gasteiger charge is 2.15. The topological polar surface area (TPSA) is 91.3 Å². The van der Waals surface area contributed by atoms with Crippen molar-refractivity contribution >= 4 is 18.1 Å². The molecule has 0 bridgehead atoms. The number of ether oxygens (including phenoxy) is 1. The molecule has 0 saturated carbocycles. The van der Waals surface area contributed by atoms with Gasteiger partial charge in [-0.25, -0.2) is 4.39 Å². The highest BCUT2D eigenvalue weighted by atomic mass is 35.5. The number of benzene rings is 2. The molecule has 0 saturated heterocycles. The Bertz CT molecular complexity index is 763. The minimum absolute atomic E-state index is 0. The minimum atomic E-state index is -0.930. The number of nitriles is 1. The van der Waals surface area contributed by atoms with Gasteiger partial charge in [-0.2, -0.15) is 5.26 Å². The Balaban J connectivity index is 0.00000338. The molecule has 7 heteroatoms. The van der Waals surface area contributed by atoms with Gasteiger partial charge in [-0.1, -0.05) is 12.1 Å². The van der Waals surface area contributed by atoms with Crippen LogP contribution >= 0.6 is 12.4 Å². The summed E-state index contributed by atoms with van der Waals surface area (Å²) < 4.78 is 18.8. The lowest BCUT2D eigenvalue weighted by Crippen LogP contribution is -2.32. The van der Waals surface area contributed by atoms with Crippen LogP contribution in [0.3, 0.4) is 0 Å². The van der Waals surface area contributed by atoms with Crippen molar-refractivity contribution in [2.45, 2.75) is 25.5 Å². The van der Waals surface area contributed by atoms with Crippen molar-refractivity contribution in [3.05, 3.63) is 58.9 Å². The fraction of sp³-hybridized carbons (Fsp3) is 0.316. The monoisotopic (exact) mass is 379 g/mol. The van der Waals surface area contributed by atoms with Crippen molar-refractivity contribution in [2.24, 2.45) is 0 Å². The molecule has 2 atom stereocenters. The second kappa shape index (κ2) is 9.97. The van der Waals surface area contributed by atoms with Crippen molar-refractivity contribution in [2.75, 3.05) is 19.4 Å². The predicted octanol–water partition coefficient (Wildman–Crippen LogP) is 2.96. The Morgan fingerprint density at radius 3 is 2.54 bits per heavy atom. The molecule has 0 aromatic heterocycles. The second-order valence-corrected chi connectivity index (χ2v) is 5.95. The molecular weight excluding hydrogens is 357 g/mol. The molecule has 0 aliphatic heterocycles. The van der Waals surface area contributed by atoms with Crippen LogP contribution in [0.25, 0.3) is 0 Å². The molecular formula is C19H23ClFN3O2. The number of nitrogens with one attached hydrogen (secondary N) is 1. The summed E-state index contributed by atoms with van der Waals surface area (Å²) >= 11 is 0. The van der Waals surface area contributed by atoms with Gasteiger partial charge >= 0.3 is 0 Å². The molecule has 0 aliphatic rings. The molecule has 0 fully saturated rings. The third-order valence-corrected chi connectivity index (χ3v) is 4.02. The maximum Gasteiger partial charge on any atom is 0.147 e. The molecule has 2 rings (SSSR count). The fourth-order valence-corrected chi connectivity index (χ4v) is 2.54. The van der Waals surface area contributed by atoms with Crippen LogP contribution in [0.5, 0.6) is 5.75 Å². The number of nitrogens with two attached hydrogens (primary N) is 1. The van der Waals surface area contributed by atoms with E-state index in [4.69, 9.17) is 15.7 Å². The van der Waals surface area contributed by atoms with Crippen molar-refractivity contribution in [3.63, 3.8) is 0 Å². The summed E-state index contributed by atoms with van der Waals surface area (Å²) in [6.07, 6.45) is -0.156. The van der Waals surface area contributed by atoms with Crippen LogP contribution in [0.2, 0.25) is 0 Å². The van der Waals surface area contributed by atoms with Gasteiger partial charge in [0.1, 0.15) is 17.6 Å². The third-order valence-electron chi connectivity index (χ3n) is 4.02. The molecule has 0 spiro atoms. The van der Waals surface area contributed by atoms with Crippen LogP contribution in [0.1, 0.15) is 29.7 Å². The largest absolute Gasteiger partial charge is 0.497 e. The van der Waals surface area contributed by atoms with Crippen molar-refractivity contribution in [3.8, 4) is 11.8 Å². The number of hydrogen-bond donors (Lipinski definition) is 3. The first-order valence-corrected chi connectivity index (χ1v) is 7.98.